The average molecular weight is 387 g/mol. The number of benzene rings is 1. The van der Waals surface area contributed by atoms with E-state index in [1.165, 1.54) is 5.56 Å². The SMILES string of the molecule is Cc1nnc(CNC(=NCc2ccccc2)NCCCOC2CCOC2)n1C. The molecule has 2 aromatic rings. The highest BCUT2D eigenvalue weighted by Crippen LogP contribution is 2.08. The molecular weight excluding hydrogens is 356 g/mol. The molecule has 0 amide bonds. The third kappa shape index (κ3) is 6.31. The van der Waals surface area contributed by atoms with Crippen molar-refractivity contribution >= 4 is 5.96 Å². The van der Waals surface area contributed by atoms with Crippen LogP contribution in [-0.2, 0) is 29.6 Å². The van der Waals surface area contributed by atoms with Crippen LogP contribution in [-0.4, -0.2) is 53.2 Å². The van der Waals surface area contributed by atoms with E-state index in [0.29, 0.717) is 13.1 Å². The predicted molar refractivity (Wildman–Crippen MR) is 108 cm³/mol. The highest BCUT2D eigenvalue weighted by molar-refractivity contribution is 5.79. The zero-order valence-electron chi connectivity index (χ0n) is 16.7. The Balaban J connectivity index is 1.48. The lowest BCUT2D eigenvalue weighted by Gasteiger charge is -2.14. The van der Waals surface area contributed by atoms with E-state index in [1.54, 1.807) is 0 Å². The van der Waals surface area contributed by atoms with Crippen molar-refractivity contribution in [3.05, 3.63) is 47.5 Å². The molecule has 0 saturated carbocycles. The van der Waals surface area contributed by atoms with Gasteiger partial charge in [-0.15, -0.1) is 10.2 Å². The van der Waals surface area contributed by atoms with Crippen LogP contribution in [0.3, 0.4) is 0 Å². The second kappa shape index (κ2) is 10.8. The number of ether oxygens (including phenoxy) is 2. The van der Waals surface area contributed by atoms with Crippen molar-refractivity contribution in [3.63, 3.8) is 0 Å². The van der Waals surface area contributed by atoms with Gasteiger partial charge < -0.3 is 24.7 Å². The number of hydrogen-bond donors (Lipinski definition) is 2. The molecule has 152 valence electrons. The lowest BCUT2D eigenvalue weighted by Crippen LogP contribution is -2.38. The van der Waals surface area contributed by atoms with Gasteiger partial charge in [0.15, 0.2) is 11.8 Å². The monoisotopic (exact) mass is 386 g/mol. The van der Waals surface area contributed by atoms with Crippen molar-refractivity contribution in [3.8, 4) is 0 Å². The van der Waals surface area contributed by atoms with Crippen molar-refractivity contribution in [2.45, 2.75) is 39.0 Å². The summed E-state index contributed by atoms with van der Waals surface area (Å²) in [6.45, 7) is 6.15. The lowest BCUT2D eigenvalue weighted by atomic mass is 10.2. The molecule has 1 aliphatic rings. The van der Waals surface area contributed by atoms with Crippen molar-refractivity contribution < 1.29 is 9.47 Å². The number of nitrogens with zero attached hydrogens (tertiary/aromatic N) is 4. The molecule has 2 heterocycles. The van der Waals surface area contributed by atoms with Crippen molar-refractivity contribution in [2.24, 2.45) is 12.0 Å². The summed E-state index contributed by atoms with van der Waals surface area (Å²) in [7, 11) is 1.96. The van der Waals surface area contributed by atoms with Crippen LogP contribution in [0, 0.1) is 6.92 Å². The molecule has 3 rings (SSSR count). The first kappa shape index (κ1) is 20.3. The second-order valence-corrected chi connectivity index (χ2v) is 6.86. The Bertz CT molecular complexity index is 740. The molecule has 0 spiro atoms. The Morgan fingerprint density at radius 2 is 2.14 bits per heavy atom. The van der Waals surface area contributed by atoms with Gasteiger partial charge >= 0.3 is 0 Å². The molecule has 1 aliphatic heterocycles. The van der Waals surface area contributed by atoms with E-state index in [1.807, 2.05) is 36.7 Å². The van der Waals surface area contributed by atoms with Crippen LogP contribution >= 0.6 is 0 Å². The highest BCUT2D eigenvalue weighted by atomic mass is 16.5. The third-order valence-electron chi connectivity index (χ3n) is 4.71. The Morgan fingerprint density at radius 1 is 1.29 bits per heavy atom. The molecule has 0 bridgehead atoms. The maximum atomic E-state index is 5.81. The summed E-state index contributed by atoms with van der Waals surface area (Å²) in [6.07, 6.45) is 2.16. The van der Waals surface area contributed by atoms with Crippen LogP contribution in [0.25, 0.3) is 0 Å². The minimum Gasteiger partial charge on any atom is -0.379 e. The van der Waals surface area contributed by atoms with E-state index >= 15 is 0 Å². The molecule has 1 aromatic carbocycles. The molecule has 1 aromatic heterocycles. The number of nitrogens with one attached hydrogen (secondary N) is 2. The summed E-state index contributed by atoms with van der Waals surface area (Å²) in [5.74, 6) is 2.52. The lowest BCUT2D eigenvalue weighted by molar-refractivity contribution is 0.0420. The van der Waals surface area contributed by atoms with Crippen LogP contribution < -0.4 is 10.6 Å². The molecule has 1 fully saturated rings. The van der Waals surface area contributed by atoms with Gasteiger partial charge in [0.2, 0.25) is 0 Å². The summed E-state index contributed by atoms with van der Waals surface area (Å²) in [6, 6.07) is 10.2. The number of aromatic nitrogens is 3. The first-order valence-electron chi connectivity index (χ1n) is 9.82. The Morgan fingerprint density at radius 3 is 2.86 bits per heavy atom. The molecule has 1 atom stereocenters. The standard InChI is InChI=1S/C20H30N6O2/c1-16-24-25-19(26(16)2)14-23-20(22-13-17-7-4-3-5-8-17)21-10-6-11-28-18-9-12-27-15-18/h3-5,7-8,18H,6,9-15H2,1-2H3,(H2,21,22,23). The van der Waals surface area contributed by atoms with E-state index in [0.717, 1.165) is 56.8 Å². The highest BCUT2D eigenvalue weighted by Gasteiger charge is 2.15. The van der Waals surface area contributed by atoms with E-state index in [9.17, 15) is 0 Å². The van der Waals surface area contributed by atoms with Crippen molar-refractivity contribution in [2.75, 3.05) is 26.4 Å². The van der Waals surface area contributed by atoms with Gasteiger partial charge in [-0.2, -0.15) is 0 Å². The summed E-state index contributed by atoms with van der Waals surface area (Å²) < 4.78 is 13.1. The average Bonchev–Trinajstić information content (AvgIpc) is 3.35. The fraction of sp³-hybridized carbons (Fsp3) is 0.550. The maximum absolute atomic E-state index is 5.81. The number of aliphatic imine (C=N–C) groups is 1. The van der Waals surface area contributed by atoms with Gasteiger partial charge in [-0.05, 0) is 25.3 Å². The zero-order valence-corrected chi connectivity index (χ0v) is 16.7. The number of aryl methyl sites for hydroxylation is 1. The summed E-state index contributed by atoms with van der Waals surface area (Å²) in [5.41, 5.74) is 1.17. The van der Waals surface area contributed by atoms with E-state index in [2.05, 4.69) is 33.0 Å². The van der Waals surface area contributed by atoms with E-state index in [4.69, 9.17) is 14.5 Å². The summed E-state index contributed by atoms with van der Waals surface area (Å²) >= 11 is 0. The molecule has 0 radical (unpaired) electrons. The van der Waals surface area contributed by atoms with Gasteiger partial charge in [0.05, 0.1) is 25.8 Å². The predicted octanol–water partition coefficient (Wildman–Crippen LogP) is 1.55. The van der Waals surface area contributed by atoms with Gasteiger partial charge in [-0.3, -0.25) is 0 Å². The normalized spacial score (nSPS) is 17.1. The molecule has 8 heteroatoms. The number of rotatable bonds is 9. The van der Waals surface area contributed by atoms with Crippen molar-refractivity contribution in [1.29, 1.82) is 0 Å². The van der Waals surface area contributed by atoms with Crippen LogP contribution in [0.15, 0.2) is 35.3 Å². The smallest absolute Gasteiger partial charge is 0.191 e. The molecule has 0 aliphatic carbocycles. The van der Waals surface area contributed by atoms with Crippen LogP contribution in [0.4, 0.5) is 0 Å². The first-order valence-corrected chi connectivity index (χ1v) is 9.82. The number of guanidine groups is 1. The minimum absolute atomic E-state index is 0.253. The minimum atomic E-state index is 0.253. The molecule has 28 heavy (non-hydrogen) atoms. The number of hydrogen-bond acceptors (Lipinski definition) is 5. The molecule has 1 unspecified atom stereocenters. The van der Waals surface area contributed by atoms with Gasteiger partial charge in [-0.25, -0.2) is 4.99 Å². The van der Waals surface area contributed by atoms with Crippen molar-refractivity contribution in [1.82, 2.24) is 25.4 Å². The van der Waals surface area contributed by atoms with Crippen LogP contribution in [0.1, 0.15) is 30.1 Å². The third-order valence-corrected chi connectivity index (χ3v) is 4.71. The van der Waals surface area contributed by atoms with Crippen LogP contribution in [0.5, 0.6) is 0 Å². The Kier molecular flexibility index (Phi) is 7.81. The van der Waals surface area contributed by atoms with Gasteiger partial charge in [0.1, 0.15) is 5.82 Å². The fourth-order valence-corrected chi connectivity index (χ4v) is 2.87. The quantitative estimate of drug-likeness (QED) is 0.386. The Labute approximate surface area is 166 Å². The molecular formula is C20H30N6O2. The largest absolute Gasteiger partial charge is 0.379 e. The summed E-state index contributed by atoms with van der Waals surface area (Å²) in [5, 5.41) is 15.0. The first-order chi connectivity index (χ1) is 13.7. The maximum Gasteiger partial charge on any atom is 0.191 e. The summed E-state index contributed by atoms with van der Waals surface area (Å²) in [4.78, 5) is 4.70. The topological polar surface area (TPSA) is 85.6 Å². The van der Waals surface area contributed by atoms with Gasteiger partial charge in [0.25, 0.3) is 0 Å². The second-order valence-electron chi connectivity index (χ2n) is 6.86. The molecule has 8 nitrogen and oxygen atoms in total. The van der Waals surface area contributed by atoms with E-state index < -0.39 is 0 Å². The van der Waals surface area contributed by atoms with E-state index in [-0.39, 0.29) is 6.10 Å². The zero-order chi connectivity index (χ0) is 19.6. The fourth-order valence-electron chi connectivity index (χ4n) is 2.87. The van der Waals surface area contributed by atoms with Gasteiger partial charge in [0, 0.05) is 26.8 Å². The Hall–Kier alpha value is -2.45. The van der Waals surface area contributed by atoms with Crippen LogP contribution in [0.2, 0.25) is 0 Å². The molecule has 2 N–H and O–H groups in total. The van der Waals surface area contributed by atoms with Gasteiger partial charge in [-0.1, -0.05) is 30.3 Å². The molecule has 1 saturated heterocycles.